The van der Waals surface area contributed by atoms with Crippen LogP contribution in [0.25, 0.3) is 0 Å². The van der Waals surface area contributed by atoms with E-state index in [0.717, 1.165) is 22.3 Å². The standard InChI is InChI=1S/C18H20N4O2/c23-17-19-9-13-3-1-4-14(7-13)10-20-18(24)22-12-16-6-2-5-15(8-16)11-21-17/h1-8H,9-12H2,(H2,19,21,23)(H2,20,22,24). The van der Waals surface area contributed by atoms with Crippen LogP contribution in [0, 0.1) is 0 Å². The van der Waals surface area contributed by atoms with Gasteiger partial charge < -0.3 is 21.3 Å². The van der Waals surface area contributed by atoms with Crippen LogP contribution in [0.1, 0.15) is 22.3 Å². The summed E-state index contributed by atoms with van der Waals surface area (Å²) in [7, 11) is 0. The van der Waals surface area contributed by atoms with Crippen LogP contribution in [0.5, 0.6) is 0 Å². The molecule has 0 saturated carbocycles. The summed E-state index contributed by atoms with van der Waals surface area (Å²) in [4.78, 5) is 23.8. The third-order valence-electron chi connectivity index (χ3n) is 3.80. The molecule has 0 aromatic heterocycles. The van der Waals surface area contributed by atoms with Gasteiger partial charge in [0.15, 0.2) is 0 Å². The average Bonchev–Trinajstić information content (AvgIpc) is 2.61. The van der Waals surface area contributed by atoms with E-state index in [1.54, 1.807) is 0 Å². The largest absolute Gasteiger partial charge is 0.334 e. The van der Waals surface area contributed by atoms with E-state index in [9.17, 15) is 9.59 Å². The molecule has 0 fully saturated rings. The Morgan fingerprint density at radius 3 is 1.12 bits per heavy atom. The van der Waals surface area contributed by atoms with E-state index >= 15 is 0 Å². The van der Waals surface area contributed by atoms with Gasteiger partial charge in [-0.15, -0.1) is 0 Å². The van der Waals surface area contributed by atoms with Crippen molar-refractivity contribution in [2.45, 2.75) is 26.2 Å². The normalized spacial score (nSPS) is 15.5. The zero-order chi connectivity index (χ0) is 16.8. The molecule has 124 valence electrons. The molecule has 6 heteroatoms. The summed E-state index contributed by atoms with van der Waals surface area (Å²) in [6.07, 6.45) is 0. The fraction of sp³-hybridized carbons (Fsp3) is 0.222. The van der Waals surface area contributed by atoms with E-state index in [1.807, 2.05) is 48.5 Å². The molecular formula is C18H20N4O2. The maximum atomic E-state index is 11.9. The smallest absolute Gasteiger partial charge is 0.315 e. The Kier molecular flexibility index (Phi) is 4.96. The van der Waals surface area contributed by atoms with E-state index in [2.05, 4.69) is 21.3 Å². The first-order chi connectivity index (χ1) is 11.7. The Balaban J connectivity index is 1.76. The molecule has 1 heterocycles. The van der Waals surface area contributed by atoms with Crippen molar-refractivity contribution in [3.8, 4) is 0 Å². The van der Waals surface area contributed by atoms with Crippen molar-refractivity contribution in [3.05, 3.63) is 70.8 Å². The second-order valence-corrected chi connectivity index (χ2v) is 5.71. The van der Waals surface area contributed by atoms with Crippen LogP contribution in [-0.2, 0) is 26.2 Å². The number of nitrogens with one attached hydrogen (secondary N) is 4. The van der Waals surface area contributed by atoms with Crippen molar-refractivity contribution >= 4 is 12.1 Å². The topological polar surface area (TPSA) is 82.3 Å². The van der Waals surface area contributed by atoms with Crippen LogP contribution in [0.4, 0.5) is 9.59 Å². The van der Waals surface area contributed by atoms with Gasteiger partial charge in [-0.05, 0) is 22.3 Å². The van der Waals surface area contributed by atoms with Gasteiger partial charge in [-0.25, -0.2) is 9.59 Å². The Hall–Kier alpha value is -3.02. The van der Waals surface area contributed by atoms with Crippen molar-refractivity contribution in [1.82, 2.24) is 21.3 Å². The van der Waals surface area contributed by atoms with E-state index < -0.39 is 0 Å². The summed E-state index contributed by atoms with van der Waals surface area (Å²) in [6, 6.07) is 15.1. The molecule has 6 nitrogen and oxygen atoms in total. The van der Waals surface area contributed by atoms with Crippen LogP contribution < -0.4 is 21.3 Å². The first-order valence-corrected chi connectivity index (χ1v) is 7.88. The molecule has 0 aliphatic carbocycles. The molecule has 4 bridgehead atoms. The summed E-state index contributed by atoms with van der Waals surface area (Å²) in [5.74, 6) is 0. The molecule has 1 aliphatic rings. The van der Waals surface area contributed by atoms with Gasteiger partial charge in [0.25, 0.3) is 0 Å². The van der Waals surface area contributed by atoms with Gasteiger partial charge in [0.2, 0.25) is 0 Å². The van der Waals surface area contributed by atoms with Crippen molar-refractivity contribution in [3.63, 3.8) is 0 Å². The van der Waals surface area contributed by atoms with Crippen LogP contribution in [0.2, 0.25) is 0 Å². The molecule has 0 atom stereocenters. The zero-order valence-corrected chi connectivity index (χ0v) is 13.3. The Morgan fingerprint density at radius 2 is 0.833 bits per heavy atom. The molecule has 24 heavy (non-hydrogen) atoms. The number of hydrogen-bond donors (Lipinski definition) is 4. The molecule has 2 aromatic carbocycles. The molecule has 4 N–H and O–H groups in total. The summed E-state index contributed by atoms with van der Waals surface area (Å²) in [5.41, 5.74) is 3.94. The van der Waals surface area contributed by atoms with Crippen LogP contribution in [0.3, 0.4) is 0 Å². The second kappa shape index (κ2) is 7.50. The second-order valence-electron chi connectivity index (χ2n) is 5.71. The number of carbonyl (C=O) groups is 2. The van der Waals surface area contributed by atoms with Gasteiger partial charge in [-0.1, -0.05) is 48.5 Å². The fourth-order valence-electron chi connectivity index (χ4n) is 2.55. The quantitative estimate of drug-likeness (QED) is 0.598. The molecule has 0 spiro atoms. The number of fused-ring (bicyclic) bond motifs is 4. The van der Waals surface area contributed by atoms with Gasteiger partial charge in [0.1, 0.15) is 0 Å². The maximum Gasteiger partial charge on any atom is 0.315 e. The highest BCUT2D eigenvalue weighted by molar-refractivity contribution is 5.74. The SMILES string of the molecule is O=C1NCc2cccc(c2)CNC(=O)NCc2cccc(c2)CN1. The Bertz CT molecular complexity index is 631. The first kappa shape index (κ1) is 15.9. The van der Waals surface area contributed by atoms with Crippen molar-refractivity contribution in [2.24, 2.45) is 0 Å². The number of urea groups is 2. The fourth-order valence-corrected chi connectivity index (χ4v) is 2.55. The molecule has 1 aliphatic heterocycles. The van der Waals surface area contributed by atoms with E-state index in [4.69, 9.17) is 0 Å². The Morgan fingerprint density at radius 1 is 0.542 bits per heavy atom. The van der Waals surface area contributed by atoms with Crippen LogP contribution in [-0.4, -0.2) is 12.1 Å². The first-order valence-electron chi connectivity index (χ1n) is 7.88. The number of rotatable bonds is 0. The third kappa shape index (κ3) is 4.49. The number of amides is 4. The molecule has 0 saturated heterocycles. The highest BCUT2D eigenvalue weighted by Crippen LogP contribution is 2.07. The van der Waals surface area contributed by atoms with Crippen LogP contribution >= 0.6 is 0 Å². The lowest BCUT2D eigenvalue weighted by atomic mass is 10.1. The number of hydrogen-bond acceptors (Lipinski definition) is 2. The van der Waals surface area contributed by atoms with Crippen molar-refractivity contribution < 1.29 is 9.59 Å². The van der Waals surface area contributed by atoms with E-state index in [1.165, 1.54) is 0 Å². The van der Waals surface area contributed by atoms with Crippen LogP contribution in [0.15, 0.2) is 48.5 Å². The predicted molar refractivity (Wildman–Crippen MR) is 91.0 cm³/mol. The number of benzene rings is 2. The number of carbonyl (C=O) groups excluding carboxylic acids is 2. The molecule has 4 amide bonds. The maximum absolute atomic E-state index is 11.9. The predicted octanol–water partition coefficient (Wildman–Crippen LogP) is 2.00. The monoisotopic (exact) mass is 324 g/mol. The van der Waals surface area contributed by atoms with Gasteiger partial charge in [0, 0.05) is 26.2 Å². The van der Waals surface area contributed by atoms with E-state index in [0.29, 0.717) is 26.2 Å². The third-order valence-corrected chi connectivity index (χ3v) is 3.80. The average molecular weight is 324 g/mol. The van der Waals surface area contributed by atoms with Gasteiger partial charge >= 0.3 is 12.1 Å². The summed E-state index contributed by atoms with van der Waals surface area (Å²) in [6.45, 7) is 1.75. The lowest BCUT2D eigenvalue weighted by Crippen LogP contribution is -2.35. The van der Waals surface area contributed by atoms with Gasteiger partial charge in [-0.3, -0.25) is 0 Å². The minimum atomic E-state index is -0.204. The highest BCUT2D eigenvalue weighted by atomic mass is 16.2. The van der Waals surface area contributed by atoms with Crippen molar-refractivity contribution in [2.75, 3.05) is 0 Å². The van der Waals surface area contributed by atoms with Crippen molar-refractivity contribution in [1.29, 1.82) is 0 Å². The minimum absolute atomic E-state index is 0.204. The van der Waals surface area contributed by atoms with E-state index in [-0.39, 0.29) is 12.1 Å². The molecule has 0 radical (unpaired) electrons. The van der Waals surface area contributed by atoms with Gasteiger partial charge in [0.05, 0.1) is 0 Å². The molecule has 3 rings (SSSR count). The lowest BCUT2D eigenvalue weighted by Gasteiger charge is -2.12. The van der Waals surface area contributed by atoms with Gasteiger partial charge in [-0.2, -0.15) is 0 Å². The minimum Gasteiger partial charge on any atom is -0.334 e. The highest BCUT2D eigenvalue weighted by Gasteiger charge is 2.06. The molecular weight excluding hydrogens is 304 g/mol. The zero-order valence-electron chi connectivity index (χ0n) is 13.3. The lowest BCUT2D eigenvalue weighted by molar-refractivity contribution is 0.239. The molecule has 2 aromatic rings. The molecule has 0 unspecified atom stereocenters. The summed E-state index contributed by atoms with van der Waals surface area (Å²) >= 11 is 0. The summed E-state index contributed by atoms with van der Waals surface area (Å²) in [5, 5.41) is 11.4. The Labute approximate surface area is 140 Å². The summed E-state index contributed by atoms with van der Waals surface area (Å²) < 4.78 is 0.